The van der Waals surface area contributed by atoms with Crippen molar-refractivity contribution in [2.75, 3.05) is 0 Å². The van der Waals surface area contributed by atoms with Gasteiger partial charge in [0.25, 0.3) is 5.91 Å². The van der Waals surface area contributed by atoms with Gasteiger partial charge in [0.2, 0.25) is 0 Å². The summed E-state index contributed by atoms with van der Waals surface area (Å²) in [4.78, 5) is 25.6. The number of hydrogen-bond acceptors (Lipinski definition) is 4. The number of halogens is 1. The van der Waals surface area contributed by atoms with Gasteiger partial charge in [0.1, 0.15) is 16.2 Å². The summed E-state index contributed by atoms with van der Waals surface area (Å²) in [5.41, 5.74) is 0.529. The number of rotatable bonds is 5. The van der Waals surface area contributed by atoms with Gasteiger partial charge in [-0.25, -0.2) is 9.18 Å². The monoisotopic (exact) mass is 353 g/mol. The Balaban J connectivity index is 2.34. The molecule has 2 rings (SSSR count). The Hall–Kier alpha value is -1.73. The summed E-state index contributed by atoms with van der Waals surface area (Å²) >= 11 is 6.23. The van der Waals surface area contributed by atoms with Crippen molar-refractivity contribution in [1.29, 1.82) is 0 Å². The summed E-state index contributed by atoms with van der Waals surface area (Å²) in [6.07, 6.45) is 2.13. The molecule has 1 amide bonds. The van der Waals surface area contributed by atoms with Crippen LogP contribution in [0, 0.1) is 11.7 Å². The molecule has 0 aromatic heterocycles. The zero-order valence-corrected chi connectivity index (χ0v) is 14.3. The molecule has 0 radical (unpaired) electrons. The average molecular weight is 353 g/mol. The molecule has 4 nitrogen and oxygen atoms in total. The van der Waals surface area contributed by atoms with Crippen molar-refractivity contribution >= 4 is 46.3 Å². The van der Waals surface area contributed by atoms with Crippen molar-refractivity contribution < 1.29 is 19.1 Å². The maximum absolute atomic E-state index is 13.2. The molecule has 23 heavy (non-hydrogen) atoms. The number of benzene rings is 1. The number of carboxylic acids is 1. The molecule has 1 aromatic rings. The van der Waals surface area contributed by atoms with Gasteiger partial charge in [-0.1, -0.05) is 56.4 Å². The van der Waals surface area contributed by atoms with Crippen molar-refractivity contribution in [3.63, 3.8) is 0 Å². The maximum Gasteiger partial charge on any atom is 0.327 e. The molecule has 0 aliphatic carbocycles. The van der Waals surface area contributed by atoms with Crippen molar-refractivity contribution in [3.8, 4) is 0 Å². The fourth-order valence-corrected chi connectivity index (χ4v) is 3.63. The molecular weight excluding hydrogens is 337 g/mol. The Labute approximate surface area is 143 Å². The van der Waals surface area contributed by atoms with Crippen LogP contribution in [0.5, 0.6) is 0 Å². The van der Waals surface area contributed by atoms with E-state index in [0.717, 1.165) is 16.7 Å². The molecule has 0 spiro atoms. The van der Waals surface area contributed by atoms with Gasteiger partial charge in [0.05, 0.1) is 4.91 Å². The molecular formula is C16H16FNO3S2. The van der Waals surface area contributed by atoms with Gasteiger partial charge < -0.3 is 5.11 Å². The summed E-state index contributed by atoms with van der Waals surface area (Å²) in [5.74, 6) is -2.17. The van der Waals surface area contributed by atoms with Crippen LogP contribution < -0.4 is 0 Å². The highest BCUT2D eigenvalue weighted by molar-refractivity contribution is 8.26. The number of amides is 1. The fraction of sp³-hybridized carbons (Fsp3) is 0.312. The van der Waals surface area contributed by atoms with Gasteiger partial charge in [0, 0.05) is 0 Å². The van der Waals surface area contributed by atoms with Gasteiger partial charge in [0.15, 0.2) is 0 Å². The number of thiocarbonyl (C=S) groups is 1. The number of thioether (sulfide) groups is 1. The van der Waals surface area contributed by atoms with E-state index < -0.39 is 23.7 Å². The molecule has 1 fully saturated rings. The van der Waals surface area contributed by atoms with Gasteiger partial charge >= 0.3 is 5.97 Å². The van der Waals surface area contributed by atoms with Gasteiger partial charge in [-0.05, 0) is 29.7 Å². The zero-order valence-electron chi connectivity index (χ0n) is 12.7. The normalized spacial score (nSPS) is 19.3. The fourth-order valence-electron chi connectivity index (χ4n) is 2.30. The molecule has 0 bridgehead atoms. The highest BCUT2D eigenvalue weighted by atomic mass is 32.2. The first-order chi connectivity index (χ1) is 10.8. The van der Waals surface area contributed by atoms with Gasteiger partial charge in [-0.2, -0.15) is 0 Å². The van der Waals surface area contributed by atoms with E-state index in [2.05, 4.69) is 0 Å². The van der Waals surface area contributed by atoms with E-state index in [1.54, 1.807) is 19.1 Å². The van der Waals surface area contributed by atoms with E-state index >= 15 is 0 Å². The lowest BCUT2D eigenvalue weighted by atomic mass is 9.98. The highest BCUT2D eigenvalue weighted by Gasteiger charge is 2.42. The third-order valence-corrected chi connectivity index (χ3v) is 5.01. The van der Waals surface area contributed by atoms with Crippen LogP contribution >= 0.6 is 24.0 Å². The molecule has 1 aliphatic heterocycles. The first-order valence-electron chi connectivity index (χ1n) is 7.10. The van der Waals surface area contributed by atoms with E-state index in [4.69, 9.17) is 12.2 Å². The van der Waals surface area contributed by atoms with Crippen molar-refractivity contribution in [1.82, 2.24) is 4.90 Å². The highest BCUT2D eigenvalue weighted by Crippen LogP contribution is 2.36. The van der Waals surface area contributed by atoms with Crippen LogP contribution in [0.3, 0.4) is 0 Å². The summed E-state index contributed by atoms with van der Waals surface area (Å²) < 4.78 is 13.5. The molecule has 0 saturated carbocycles. The van der Waals surface area contributed by atoms with Crippen LogP contribution in [0.4, 0.5) is 4.39 Å². The molecule has 1 heterocycles. The van der Waals surface area contributed by atoms with E-state index in [0.29, 0.717) is 16.9 Å². The van der Waals surface area contributed by atoms with Crippen LogP contribution in [-0.2, 0) is 9.59 Å². The van der Waals surface area contributed by atoms with Crippen molar-refractivity contribution in [2.24, 2.45) is 5.92 Å². The Kier molecular flexibility index (Phi) is 5.54. The molecule has 122 valence electrons. The quantitative estimate of drug-likeness (QED) is 0.648. The second-order valence-corrected chi connectivity index (χ2v) is 6.95. The third kappa shape index (κ3) is 3.79. The Morgan fingerprint density at radius 3 is 2.78 bits per heavy atom. The minimum absolute atomic E-state index is 0.213. The minimum Gasteiger partial charge on any atom is -0.480 e. The van der Waals surface area contributed by atoms with E-state index in [9.17, 15) is 19.1 Å². The predicted molar refractivity (Wildman–Crippen MR) is 92.3 cm³/mol. The predicted octanol–water partition coefficient (Wildman–Crippen LogP) is 3.53. The lowest BCUT2D eigenvalue weighted by Crippen LogP contribution is -2.47. The van der Waals surface area contributed by atoms with Crippen LogP contribution in [0.1, 0.15) is 25.8 Å². The molecule has 7 heteroatoms. The maximum atomic E-state index is 13.2. The summed E-state index contributed by atoms with van der Waals surface area (Å²) in [5, 5.41) is 9.45. The number of hydrogen-bond donors (Lipinski definition) is 1. The van der Waals surface area contributed by atoms with Crippen molar-refractivity contribution in [2.45, 2.75) is 26.3 Å². The number of carboxylic acid groups (broad SMARTS) is 1. The number of aliphatic carboxylic acids is 1. The Morgan fingerprint density at radius 2 is 2.22 bits per heavy atom. The summed E-state index contributed by atoms with van der Waals surface area (Å²) in [6.45, 7) is 3.63. The second kappa shape index (κ2) is 7.23. The standard InChI is InChI=1S/C16H16FNO3S2/c1-3-9(2)13(15(20)21)18-14(19)12(23-16(18)22)8-10-5-4-6-11(17)7-10/h4-9,13H,3H2,1-2H3,(H,20,21)/b12-8-/t9-,13-/m1/s1. The zero-order chi connectivity index (χ0) is 17.1. The molecule has 1 N–H and O–H groups in total. The van der Waals surface area contributed by atoms with Crippen LogP contribution in [-0.4, -0.2) is 32.2 Å². The van der Waals surface area contributed by atoms with E-state index in [1.165, 1.54) is 18.2 Å². The van der Waals surface area contributed by atoms with E-state index in [-0.39, 0.29) is 10.2 Å². The summed E-state index contributed by atoms with van der Waals surface area (Å²) in [6, 6.07) is 4.83. The number of nitrogens with zero attached hydrogens (tertiary/aromatic N) is 1. The lowest BCUT2D eigenvalue weighted by Gasteiger charge is -2.27. The molecule has 1 aromatic carbocycles. The smallest absolute Gasteiger partial charge is 0.327 e. The topological polar surface area (TPSA) is 57.6 Å². The number of carbonyl (C=O) groups is 2. The third-order valence-electron chi connectivity index (χ3n) is 3.68. The number of carbonyl (C=O) groups excluding carboxylic acids is 1. The molecule has 1 saturated heterocycles. The average Bonchev–Trinajstić information content (AvgIpc) is 2.75. The lowest BCUT2D eigenvalue weighted by molar-refractivity contribution is -0.147. The molecule has 2 atom stereocenters. The minimum atomic E-state index is -1.08. The SMILES string of the molecule is CC[C@@H](C)[C@H](C(=O)O)N1C(=O)/C(=C/c2cccc(F)c2)SC1=S. The van der Waals surface area contributed by atoms with Crippen LogP contribution in [0.25, 0.3) is 6.08 Å². The largest absolute Gasteiger partial charge is 0.480 e. The van der Waals surface area contributed by atoms with Gasteiger partial charge in [-0.15, -0.1) is 0 Å². The van der Waals surface area contributed by atoms with Crippen molar-refractivity contribution in [3.05, 3.63) is 40.6 Å². The molecule has 1 aliphatic rings. The first-order valence-corrected chi connectivity index (χ1v) is 8.33. The van der Waals surface area contributed by atoms with E-state index in [1.807, 2.05) is 6.92 Å². The first kappa shape index (κ1) is 17.6. The summed E-state index contributed by atoms with van der Waals surface area (Å²) in [7, 11) is 0. The van der Waals surface area contributed by atoms with Gasteiger partial charge in [-0.3, -0.25) is 9.69 Å². The Bertz CT molecular complexity index is 690. The molecule has 0 unspecified atom stereocenters. The van der Waals surface area contributed by atoms with Crippen LogP contribution in [0.15, 0.2) is 29.2 Å². The Morgan fingerprint density at radius 1 is 1.52 bits per heavy atom. The second-order valence-electron chi connectivity index (χ2n) is 5.28. The van der Waals surface area contributed by atoms with Crippen LogP contribution in [0.2, 0.25) is 0 Å².